The Kier molecular flexibility index (Phi) is 6.95. The number of amides is 1. The largest absolute Gasteiger partial charge is 0.506 e. The number of aromatic nitrogens is 1. The van der Waals surface area contributed by atoms with Gasteiger partial charge < -0.3 is 20.8 Å². The van der Waals surface area contributed by atoms with E-state index in [2.05, 4.69) is 71.4 Å². The van der Waals surface area contributed by atoms with E-state index in [0.717, 1.165) is 23.8 Å². The van der Waals surface area contributed by atoms with Crippen LogP contribution in [0.25, 0.3) is 22.4 Å². The number of nitrogens with one attached hydrogen (secondary N) is 1. The number of carbonyl (C=O) groups is 1. The number of halogens is 1. The molecule has 0 atom stereocenters. The van der Waals surface area contributed by atoms with Crippen LogP contribution in [0.1, 0.15) is 22.3 Å². The predicted octanol–water partition coefficient (Wildman–Crippen LogP) is 4.37. The molecule has 4 N–H and O–H groups in total. The van der Waals surface area contributed by atoms with Gasteiger partial charge in [0.2, 0.25) is 5.91 Å². The highest BCUT2D eigenvalue weighted by molar-refractivity contribution is 6.32. The fraction of sp³-hybridized carbons (Fsp3) is 0.0714. The van der Waals surface area contributed by atoms with Crippen LogP contribution in [-0.2, 0) is 6.54 Å². The van der Waals surface area contributed by atoms with Gasteiger partial charge in [0, 0.05) is 40.7 Å². The van der Waals surface area contributed by atoms with Crippen molar-refractivity contribution >= 4 is 46.1 Å². The molecule has 0 radical (unpaired) electrons. The van der Waals surface area contributed by atoms with E-state index in [1.165, 1.54) is 46.1 Å². The molecule has 1 amide bonds. The number of phenols is 1. The van der Waals surface area contributed by atoms with Crippen LogP contribution in [0.2, 0.25) is 5.02 Å². The quantitative estimate of drug-likeness (QED) is 0.387. The van der Waals surface area contributed by atoms with Gasteiger partial charge in [0.05, 0.1) is 5.02 Å². The number of nitrogens with two attached hydrogens (primary N) is 1. The number of hydrogen-bond acceptors (Lipinski definition) is 3. The summed E-state index contributed by atoms with van der Waals surface area (Å²) in [6.07, 6.45) is 10.9. The highest BCUT2D eigenvalue weighted by atomic mass is 35.5. The third-order valence-electron chi connectivity index (χ3n) is 5.67. The minimum atomic E-state index is -0.563. The van der Waals surface area contributed by atoms with Crippen LogP contribution < -0.4 is 16.3 Å². The second-order valence-electron chi connectivity index (χ2n) is 7.85. The summed E-state index contributed by atoms with van der Waals surface area (Å²) in [6.45, 7) is 0.846. The molecular weight excluding hydrogens is 446 g/mol. The van der Waals surface area contributed by atoms with E-state index in [0.29, 0.717) is 0 Å². The molecule has 6 heteroatoms. The average Bonchev–Trinajstić information content (AvgIpc) is 3.11. The van der Waals surface area contributed by atoms with Gasteiger partial charge in [-0.15, -0.1) is 0 Å². The van der Waals surface area contributed by atoms with Crippen molar-refractivity contribution in [2.45, 2.75) is 13.0 Å². The van der Waals surface area contributed by atoms with Gasteiger partial charge in [-0.1, -0.05) is 72.3 Å². The van der Waals surface area contributed by atoms with E-state index in [9.17, 15) is 4.79 Å². The Bertz CT molecular complexity index is 1530. The minimum absolute atomic E-state index is 0.0586. The van der Waals surface area contributed by atoms with Crippen molar-refractivity contribution in [3.8, 4) is 5.75 Å². The van der Waals surface area contributed by atoms with Crippen molar-refractivity contribution in [2.24, 2.45) is 5.73 Å². The molecule has 0 unspecified atom stereocenters. The number of carbonyl (C=O) groups excluding carboxylic acids is 1. The Labute approximate surface area is 202 Å². The van der Waals surface area contributed by atoms with Gasteiger partial charge >= 0.3 is 0 Å². The first-order valence-electron chi connectivity index (χ1n) is 10.8. The fourth-order valence-electron chi connectivity index (χ4n) is 3.96. The van der Waals surface area contributed by atoms with Crippen LogP contribution in [0, 0.1) is 5.41 Å². The lowest BCUT2D eigenvalue weighted by molar-refractivity contribution is 0.100. The number of aromatic hydroxyl groups is 1. The molecule has 1 heterocycles. The predicted molar refractivity (Wildman–Crippen MR) is 139 cm³/mol. The molecule has 3 aromatic carbocycles. The Morgan fingerprint density at radius 1 is 1.12 bits per heavy atom. The lowest BCUT2D eigenvalue weighted by Crippen LogP contribution is -2.30. The first kappa shape index (κ1) is 23.1. The molecule has 0 spiro atoms. The summed E-state index contributed by atoms with van der Waals surface area (Å²) in [5.41, 5.74) is 7.54. The summed E-state index contributed by atoms with van der Waals surface area (Å²) in [4.78, 5) is 10.5. The van der Waals surface area contributed by atoms with E-state index in [-0.39, 0.29) is 16.3 Å². The van der Waals surface area contributed by atoms with Crippen molar-refractivity contribution in [1.29, 1.82) is 5.41 Å². The van der Waals surface area contributed by atoms with Gasteiger partial charge in [0.1, 0.15) is 5.75 Å². The highest BCUT2D eigenvalue weighted by Crippen LogP contribution is 2.23. The first-order chi connectivity index (χ1) is 16.5. The number of rotatable bonds is 4. The molecule has 0 aliphatic heterocycles. The third-order valence-corrected chi connectivity index (χ3v) is 5.97. The highest BCUT2D eigenvalue weighted by Gasteiger charge is 2.06. The van der Waals surface area contributed by atoms with Gasteiger partial charge in [0.25, 0.3) is 0 Å². The molecule has 170 valence electrons. The Morgan fingerprint density at radius 2 is 1.91 bits per heavy atom. The Hall–Kier alpha value is -4.09. The zero-order valence-corrected chi connectivity index (χ0v) is 19.2. The molecule has 0 saturated carbocycles. The number of nitrogens with zero attached hydrogens (tertiary/aromatic N) is 1. The van der Waals surface area contributed by atoms with Crippen molar-refractivity contribution < 1.29 is 9.90 Å². The molecule has 1 aromatic heterocycles. The van der Waals surface area contributed by atoms with Crippen molar-refractivity contribution in [3.63, 3.8) is 0 Å². The van der Waals surface area contributed by atoms with Crippen LogP contribution in [0.15, 0.2) is 85.1 Å². The zero-order chi connectivity index (χ0) is 24.1. The Balaban J connectivity index is 0.000000210. The lowest BCUT2D eigenvalue weighted by Gasteiger charge is -2.08. The maximum atomic E-state index is 10.5. The summed E-state index contributed by atoms with van der Waals surface area (Å²) >= 11 is 5.50. The van der Waals surface area contributed by atoms with E-state index < -0.39 is 5.91 Å². The van der Waals surface area contributed by atoms with Crippen molar-refractivity contribution in [2.75, 3.05) is 0 Å². The normalized spacial score (nSPS) is 12.2. The maximum absolute atomic E-state index is 10.5. The molecule has 0 bridgehead atoms. The van der Waals surface area contributed by atoms with Gasteiger partial charge in [-0.3, -0.25) is 4.79 Å². The fourth-order valence-corrected chi connectivity index (χ4v) is 4.14. The second-order valence-corrected chi connectivity index (χ2v) is 8.26. The van der Waals surface area contributed by atoms with E-state index in [1.54, 1.807) is 0 Å². The average molecular weight is 470 g/mol. The summed E-state index contributed by atoms with van der Waals surface area (Å²) in [6, 6.07) is 21.2. The number of allylic oxidation sites excluding steroid dienone is 2. The van der Waals surface area contributed by atoms with Gasteiger partial charge in [-0.05, 0) is 47.0 Å². The number of hydrogen-bond donors (Lipinski definition) is 3. The second kappa shape index (κ2) is 10.2. The smallest absolute Gasteiger partial charge is 0.248 e. The SMILES string of the molecule is N=CC1=c2ccn(Cc3cccc4ccccc34)c2=CCC=C1.NC(=O)c1ccc(O)c(Cl)c1. The Morgan fingerprint density at radius 3 is 2.68 bits per heavy atom. The van der Waals surface area contributed by atoms with Crippen LogP contribution >= 0.6 is 11.6 Å². The number of benzene rings is 3. The molecule has 5 rings (SSSR count). The summed E-state index contributed by atoms with van der Waals surface area (Å²) in [7, 11) is 0. The first-order valence-corrected chi connectivity index (χ1v) is 11.2. The van der Waals surface area contributed by atoms with E-state index >= 15 is 0 Å². The van der Waals surface area contributed by atoms with Gasteiger partial charge in [0.15, 0.2) is 0 Å². The minimum Gasteiger partial charge on any atom is -0.506 e. The van der Waals surface area contributed by atoms with Crippen LogP contribution in [0.3, 0.4) is 0 Å². The number of fused-ring (bicyclic) bond motifs is 2. The topological polar surface area (TPSA) is 92.1 Å². The van der Waals surface area contributed by atoms with Gasteiger partial charge in [-0.2, -0.15) is 0 Å². The van der Waals surface area contributed by atoms with E-state index in [4.69, 9.17) is 27.9 Å². The third kappa shape index (κ3) is 4.95. The molecular formula is C28H24ClN3O2. The zero-order valence-electron chi connectivity index (χ0n) is 18.4. The molecule has 1 aliphatic rings. The lowest BCUT2D eigenvalue weighted by atomic mass is 10.0. The van der Waals surface area contributed by atoms with Crippen molar-refractivity contribution in [1.82, 2.24) is 4.57 Å². The molecule has 0 saturated heterocycles. The van der Waals surface area contributed by atoms with Crippen molar-refractivity contribution in [3.05, 3.63) is 112 Å². The molecule has 1 aliphatic carbocycles. The molecule has 5 nitrogen and oxygen atoms in total. The summed E-state index contributed by atoms with van der Waals surface area (Å²) < 4.78 is 2.29. The van der Waals surface area contributed by atoms with E-state index in [1.807, 2.05) is 6.08 Å². The monoisotopic (exact) mass is 469 g/mol. The van der Waals surface area contributed by atoms with Crippen LogP contribution in [0.5, 0.6) is 5.75 Å². The van der Waals surface area contributed by atoms with Crippen LogP contribution in [0.4, 0.5) is 0 Å². The molecule has 34 heavy (non-hydrogen) atoms. The van der Waals surface area contributed by atoms with Crippen LogP contribution in [-0.4, -0.2) is 21.8 Å². The van der Waals surface area contributed by atoms with Gasteiger partial charge in [-0.25, -0.2) is 0 Å². The maximum Gasteiger partial charge on any atom is 0.248 e. The molecule has 0 fully saturated rings. The molecule has 4 aromatic rings. The number of phenolic OH excluding ortho intramolecular Hbond substituents is 1. The standard InChI is InChI=1S/C21H18N2.C7H6ClNO2/c22-14-17-7-2-4-11-21-20(17)12-13-23(21)15-18-9-5-8-16-6-1-3-10-19(16)18;8-5-3-4(7(9)11)1-2-6(5)10/h1-3,5-14,22H,4,15H2;1-3,10H,(H2,9,11). The number of primary amides is 1. The summed E-state index contributed by atoms with van der Waals surface area (Å²) in [5.74, 6) is -0.622. The summed E-state index contributed by atoms with van der Waals surface area (Å²) in [5, 5.41) is 21.6.